The number of hydrogen-bond donors (Lipinski definition) is 2. The van der Waals surface area contributed by atoms with Gasteiger partial charge in [0.1, 0.15) is 11.6 Å². The van der Waals surface area contributed by atoms with Gasteiger partial charge in [-0.25, -0.2) is 22.2 Å². The Morgan fingerprint density at radius 2 is 1.93 bits per heavy atom. The molecule has 2 N–H and O–H groups in total. The van der Waals surface area contributed by atoms with E-state index in [2.05, 4.69) is 46.1 Å². The maximum Gasteiger partial charge on any atom is 0.232 e. The van der Waals surface area contributed by atoms with Crippen LogP contribution in [-0.2, 0) is 10.0 Å². The van der Waals surface area contributed by atoms with Crippen molar-refractivity contribution in [1.82, 2.24) is 9.97 Å². The molecule has 1 aliphatic heterocycles. The van der Waals surface area contributed by atoms with E-state index >= 15 is 4.39 Å². The maximum atomic E-state index is 15.4. The fourth-order valence-corrected chi connectivity index (χ4v) is 5.92. The predicted molar refractivity (Wildman–Crippen MR) is 161 cm³/mol. The van der Waals surface area contributed by atoms with Gasteiger partial charge >= 0.3 is 0 Å². The lowest BCUT2D eigenvalue weighted by Gasteiger charge is -2.16. The molecule has 1 aliphatic rings. The number of hydrogen-bond acceptors (Lipinski definition) is 5. The number of nitrogens with one attached hydrogen (secondary N) is 2. The van der Waals surface area contributed by atoms with Gasteiger partial charge in [0.15, 0.2) is 5.82 Å². The number of H-pyrrole nitrogens is 1. The molecule has 7 nitrogen and oxygen atoms in total. The van der Waals surface area contributed by atoms with Crippen molar-refractivity contribution >= 4 is 45.5 Å². The van der Waals surface area contributed by atoms with Gasteiger partial charge in [-0.2, -0.15) is 0 Å². The average Bonchev–Trinajstić information content (AvgIpc) is 3.60. The number of aromatic nitrogens is 2. The van der Waals surface area contributed by atoms with Crippen molar-refractivity contribution in [3.8, 4) is 0 Å². The number of aromatic amines is 1. The molecular formula is C31H36F2N4O3S. The highest BCUT2D eigenvalue weighted by Gasteiger charge is 2.25. The normalized spacial score (nSPS) is 15.4. The number of pyridine rings is 1. The molecule has 218 valence electrons. The van der Waals surface area contributed by atoms with Crippen LogP contribution < -0.4 is 20.2 Å². The van der Waals surface area contributed by atoms with Crippen LogP contribution in [0.25, 0.3) is 18.2 Å². The summed E-state index contributed by atoms with van der Waals surface area (Å²) in [5.41, 5.74) is 0.301. The Bertz CT molecular complexity index is 1660. The van der Waals surface area contributed by atoms with Gasteiger partial charge in [0.05, 0.1) is 17.0 Å². The van der Waals surface area contributed by atoms with Gasteiger partial charge in [0.25, 0.3) is 0 Å². The van der Waals surface area contributed by atoms with Crippen LogP contribution in [0.1, 0.15) is 67.9 Å². The molecule has 0 radical (unpaired) electrons. The highest BCUT2D eigenvalue weighted by Crippen LogP contribution is 2.26. The highest BCUT2D eigenvalue weighted by molar-refractivity contribution is 7.92. The summed E-state index contributed by atoms with van der Waals surface area (Å²) in [5.74, 6) is -2.43. The number of rotatable bonds is 11. The van der Waals surface area contributed by atoms with Gasteiger partial charge in [0.2, 0.25) is 15.8 Å². The molecule has 1 aromatic carbocycles. The molecular weight excluding hydrogens is 546 g/mol. The second kappa shape index (κ2) is 12.8. The third-order valence-electron chi connectivity index (χ3n) is 7.23. The van der Waals surface area contributed by atoms with Gasteiger partial charge < -0.3 is 9.88 Å². The smallest absolute Gasteiger partial charge is 0.232 e. The number of allylic oxidation sites excluding steroid dienone is 2. The molecule has 1 atom stereocenters. The number of ketones is 1. The molecule has 10 heteroatoms. The molecule has 0 amide bonds. The standard InChI is InChI=1S/C31H36F2N4O3S/c1-5-15-41(39,40)36-27-11-10-26(32)29(30(27)33)31(38)25-19-34-21(4)24(25)17-23(16-20(3)6-2)22-9-12-28(35-18-22)37-13-7-8-14-37/h9-12,16-20,34,36H,4-8,13-15H2,1-3H3. The number of nitrogens with zero attached hydrogens (tertiary/aromatic N) is 2. The van der Waals surface area contributed by atoms with Crippen LogP contribution in [0.3, 0.4) is 0 Å². The van der Waals surface area contributed by atoms with Gasteiger partial charge in [-0.1, -0.05) is 39.8 Å². The fourth-order valence-electron chi connectivity index (χ4n) is 4.79. The van der Waals surface area contributed by atoms with E-state index < -0.39 is 38.7 Å². The fraction of sp³-hybridized carbons (Fsp3) is 0.355. The van der Waals surface area contributed by atoms with Crippen LogP contribution in [0.5, 0.6) is 0 Å². The number of sulfonamides is 1. The lowest BCUT2D eigenvalue weighted by Crippen LogP contribution is -2.27. The summed E-state index contributed by atoms with van der Waals surface area (Å²) >= 11 is 0. The molecule has 0 bridgehead atoms. The molecule has 0 spiro atoms. The zero-order valence-corrected chi connectivity index (χ0v) is 24.5. The van der Waals surface area contributed by atoms with Crippen LogP contribution >= 0.6 is 0 Å². The van der Waals surface area contributed by atoms with E-state index in [1.807, 2.05) is 12.1 Å². The Balaban J connectivity index is 1.78. The topological polar surface area (TPSA) is 95.2 Å². The van der Waals surface area contributed by atoms with E-state index in [0.29, 0.717) is 17.0 Å². The third kappa shape index (κ3) is 6.93. The summed E-state index contributed by atoms with van der Waals surface area (Å²) < 4.78 is 56.9. The third-order valence-corrected chi connectivity index (χ3v) is 8.70. The van der Waals surface area contributed by atoms with Crippen molar-refractivity contribution in [2.75, 3.05) is 28.5 Å². The molecule has 2 aromatic heterocycles. The molecule has 0 aliphatic carbocycles. The quantitative estimate of drug-likeness (QED) is 0.311. The van der Waals surface area contributed by atoms with E-state index in [1.54, 1.807) is 19.2 Å². The van der Waals surface area contributed by atoms with Crippen molar-refractivity contribution in [3.05, 3.63) is 81.6 Å². The van der Waals surface area contributed by atoms with E-state index in [9.17, 15) is 17.6 Å². The minimum atomic E-state index is -3.86. The number of halogens is 2. The van der Waals surface area contributed by atoms with Crippen molar-refractivity contribution < 1.29 is 22.0 Å². The van der Waals surface area contributed by atoms with Crippen LogP contribution in [0.15, 0.2) is 42.7 Å². The Kier molecular flexibility index (Phi) is 9.42. The first-order valence-electron chi connectivity index (χ1n) is 13.9. The second-order valence-corrected chi connectivity index (χ2v) is 12.2. The summed E-state index contributed by atoms with van der Waals surface area (Å²) in [6, 6.07) is 5.80. The Hall–Kier alpha value is -3.79. The largest absolute Gasteiger partial charge is 0.361 e. The Morgan fingerprint density at radius 3 is 2.56 bits per heavy atom. The van der Waals surface area contributed by atoms with Crippen molar-refractivity contribution in [1.29, 1.82) is 0 Å². The first-order chi connectivity index (χ1) is 19.5. The van der Waals surface area contributed by atoms with Crippen LogP contribution in [0.4, 0.5) is 20.3 Å². The first kappa shape index (κ1) is 30.2. The van der Waals surface area contributed by atoms with Crippen LogP contribution in [-0.4, -0.2) is 43.0 Å². The number of benzene rings is 1. The molecule has 41 heavy (non-hydrogen) atoms. The zero-order valence-electron chi connectivity index (χ0n) is 23.6. The average molecular weight is 583 g/mol. The Morgan fingerprint density at radius 1 is 1.20 bits per heavy atom. The molecule has 1 unspecified atom stereocenters. The Labute approximate surface area is 239 Å². The van der Waals surface area contributed by atoms with Crippen molar-refractivity contribution in [2.24, 2.45) is 5.92 Å². The summed E-state index contributed by atoms with van der Waals surface area (Å²) in [5, 5.41) is 0.773. The highest BCUT2D eigenvalue weighted by atomic mass is 32.2. The predicted octanol–water partition coefficient (Wildman–Crippen LogP) is 4.99. The summed E-state index contributed by atoms with van der Waals surface area (Å²) in [6.07, 6.45) is 10.5. The summed E-state index contributed by atoms with van der Waals surface area (Å²) in [4.78, 5) is 23.4. The molecule has 1 saturated heterocycles. The molecule has 1 fully saturated rings. The number of carbonyl (C=O) groups excluding carboxylic acids is 1. The van der Waals surface area contributed by atoms with E-state index in [-0.39, 0.29) is 17.2 Å². The lowest BCUT2D eigenvalue weighted by molar-refractivity contribution is 0.103. The number of carbonyl (C=O) groups is 1. The molecule has 4 rings (SSSR count). The minimum absolute atomic E-state index is 0.0121. The van der Waals surface area contributed by atoms with Gasteiger partial charge in [-0.3, -0.25) is 9.52 Å². The van der Waals surface area contributed by atoms with Gasteiger partial charge in [-0.15, -0.1) is 0 Å². The lowest BCUT2D eigenvalue weighted by atomic mass is 9.97. The molecule has 3 aromatic rings. The SMILES string of the molecule is C=c1[nH]cc(C(=O)c2c(F)ccc(NS(=O)(=O)CCC)c2F)c1=CC(=CC(C)CC)c1ccc(N2CCCC2)nc1. The zero-order chi connectivity index (χ0) is 29.7. The van der Waals surface area contributed by atoms with Crippen molar-refractivity contribution in [2.45, 2.75) is 46.5 Å². The monoisotopic (exact) mass is 582 g/mol. The van der Waals surface area contributed by atoms with Gasteiger partial charge in [0, 0.05) is 41.6 Å². The minimum Gasteiger partial charge on any atom is -0.361 e. The first-order valence-corrected chi connectivity index (χ1v) is 15.5. The summed E-state index contributed by atoms with van der Waals surface area (Å²) in [6.45, 7) is 11.7. The molecule has 3 heterocycles. The number of anilines is 2. The molecule has 0 saturated carbocycles. The van der Waals surface area contributed by atoms with E-state index in [1.165, 1.54) is 6.20 Å². The van der Waals surface area contributed by atoms with Crippen molar-refractivity contribution in [3.63, 3.8) is 0 Å². The summed E-state index contributed by atoms with van der Waals surface area (Å²) in [7, 11) is -3.86. The maximum absolute atomic E-state index is 15.4. The van der Waals surface area contributed by atoms with E-state index in [4.69, 9.17) is 0 Å². The van der Waals surface area contributed by atoms with Crippen LogP contribution in [0, 0.1) is 17.6 Å². The van der Waals surface area contributed by atoms with Crippen LogP contribution in [0.2, 0.25) is 0 Å². The van der Waals surface area contributed by atoms with Gasteiger partial charge in [-0.05, 0) is 66.7 Å². The second-order valence-electron chi connectivity index (χ2n) is 10.4. The van der Waals surface area contributed by atoms with E-state index in [0.717, 1.165) is 61.4 Å².